The lowest BCUT2D eigenvalue weighted by molar-refractivity contribution is 0.198. The number of ether oxygens (including phenoxy) is 1. The number of halogens is 1. The fraction of sp³-hybridized carbons (Fsp3) is 1.00. The fourth-order valence-corrected chi connectivity index (χ4v) is 1.79. The Morgan fingerprint density at radius 3 is 2.44 bits per heavy atom. The van der Waals surface area contributed by atoms with E-state index in [4.69, 9.17) is 15.4 Å². The fourth-order valence-electron chi connectivity index (χ4n) is 0.735. The summed E-state index contributed by atoms with van der Waals surface area (Å²) in [5.41, 5.74) is 0. The van der Waals surface area contributed by atoms with E-state index in [9.17, 15) is 8.42 Å². The highest BCUT2D eigenvalue weighted by molar-refractivity contribution is 8.14. The van der Waals surface area contributed by atoms with Crippen molar-refractivity contribution in [3.63, 3.8) is 0 Å². The van der Waals surface area contributed by atoms with Crippen LogP contribution in [0.5, 0.6) is 0 Å². The molecule has 0 radical (unpaired) electrons. The van der Waals surface area contributed by atoms with Crippen LogP contribution < -0.4 is 0 Å². The largest absolute Gasteiger partial charge is 0.380 e. The van der Waals surface area contributed by atoms with E-state index in [0.717, 1.165) is 0 Å². The van der Waals surface area contributed by atoms with Crippen LogP contribution in [0.4, 0.5) is 0 Å². The van der Waals surface area contributed by atoms with Gasteiger partial charge in [-0.05, 0) is 6.42 Å². The van der Waals surface area contributed by atoms with Crippen LogP contribution in [0.15, 0.2) is 0 Å². The maximum atomic E-state index is 10.5. The average Bonchev–Trinajstić information content (AvgIpc) is 2.08. The Balaban J connectivity index is 2.63. The SMILES string of the molecule is O=S(=O)(Cl)[C@H]1CCOC1. The summed E-state index contributed by atoms with van der Waals surface area (Å²) in [6.07, 6.45) is 0.534. The maximum absolute atomic E-state index is 10.5. The van der Waals surface area contributed by atoms with E-state index in [1.165, 1.54) is 0 Å². The summed E-state index contributed by atoms with van der Waals surface area (Å²) in [5, 5.41) is -0.473. The molecule has 0 spiro atoms. The minimum atomic E-state index is -3.36. The van der Waals surface area contributed by atoms with E-state index >= 15 is 0 Å². The summed E-state index contributed by atoms with van der Waals surface area (Å²) in [6.45, 7) is 0.766. The molecule has 1 aliphatic heterocycles. The summed E-state index contributed by atoms with van der Waals surface area (Å²) in [6, 6.07) is 0. The molecule has 1 heterocycles. The first-order valence-corrected chi connectivity index (χ1v) is 4.99. The third-order valence-electron chi connectivity index (χ3n) is 1.29. The Labute approximate surface area is 58.4 Å². The zero-order valence-electron chi connectivity index (χ0n) is 4.71. The van der Waals surface area contributed by atoms with Crippen molar-refractivity contribution in [2.75, 3.05) is 13.2 Å². The van der Waals surface area contributed by atoms with Crippen LogP contribution in [0.3, 0.4) is 0 Å². The zero-order valence-corrected chi connectivity index (χ0v) is 6.28. The Morgan fingerprint density at radius 2 is 2.22 bits per heavy atom. The smallest absolute Gasteiger partial charge is 0.237 e. The van der Waals surface area contributed by atoms with Gasteiger partial charge in [-0.3, -0.25) is 0 Å². The number of hydrogen-bond acceptors (Lipinski definition) is 3. The molecule has 0 saturated carbocycles. The summed E-state index contributed by atoms with van der Waals surface area (Å²) in [5.74, 6) is 0. The molecular formula is C4H7ClO3S. The molecule has 0 unspecified atom stereocenters. The van der Waals surface area contributed by atoms with Gasteiger partial charge >= 0.3 is 0 Å². The van der Waals surface area contributed by atoms with E-state index in [2.05, 4.69) is 0 Å². The molecule has 9 heavy (non-hydrogen) atoms. The molecule has 1 saturated heterocycles. The highest BCUT2D eigenvalue weighted by Gasteiger charge is 2.27. The lowest BCUT2D eigenvalue weighted by Gasteiger charge is -1.98. The Kier molecular flexibility index (Phi) is 1.98. The van der Waals surface area contributed by atoms with Crippen molar-refractivity contribution >= 4 is 19.7 Å². The van der Waals surface area contributed by atoms with Crippen LogP contribution in [0, 0.1) is 0 Å². The second kappa shape index (κ2) is 2.44. The van der Waals surface area contributed by atoms with E-state index in [0.29, 0.717) is 13.0 Å². The molecule has 0 aromatic heterocycles. The van der Waals surface area contributed by atoms with Gasteiger partial charge in [-0.25, -0.2) is 8.42 Å². The van der Waals surface area contributed by atoms with Crippen molar-refractivity contribution < 1.29 is 13.2 Å². The highest BCUT2D eigenvalue weighted by Crippen LogP contribution is 2.16. The van der Waals surface area contributed by atoms with Gasteiger partial charge in [-0.2, -0.15) is 0 Å². The third-order valence-corrected chi connectivity index (χ3v) is 3.21. The van der Waals surface area contributed by atoms with E-state index in [-0.39, 0.29) is 6.61 Å². The minimum absolute atomic E-state index is 0.256. The molecule has 0 aliphatic carbocycles. The Hall–Kier alpha value is 0.200. The van der Waals surface area contributed by atoms with Crippen LogP contribution in [-0.2, 0) is 13.8 Å². The first-order valence-electron chi connectivity index (χ1n) is 2.62. The first kappa shape index (κ1) is 7.31. The topological polar surface area (TPSA) is 43.4 Å². The molecule has 0 amide bonds. The van der Waals surface area contributed by atoms with Gasteiger partial charge < -0.3 is 4.74 Å². The Morgan fingerprint density at radius 1 is 1.56 bits per heavy atom. The molecule has 54 valence electrons. The molecule has 0 N–H and O–H groups in total. The molecule has 5 heteroatoms. The molecule has 0 bridgehead atoms. The second-order valence-electron chi connectivity index (χ2n) is 1.96. The van der Waals surface area contributed by atoms with Crippen molar-refractivity contribution in [1.82, 2.24) is 0 Å². The average molecular weight is 171 g/mol. The van der Waals surface area contributed by atoms with Gasteiger partial charge in [-0.15, -0.1) is 0 Å². The predicted molar refractivity (Wildman–Crippen MR) is 34.0 cm³/mol. The number of hydrogen-bond donors (Lipinski definition) is 0. The summed E-state index contributed by atoms with van der Waals surface area (Å²) in [7, 11) is 1.68. The van der Waals surface area contributed by atoms with Crippen molar-refractivity contribution in [3.8, 4) is 0 Å². The maximum Gasteiger partial charge on any atom is 0.237 e. The molecule has 1 rings (SSSR count). The first-order chi connectivity index (χ1) is 4.11. The van der Waals surface area contributed by atoms with Crippen molar-refractivity contribution in [2.24, 2.45) is 0 Å². The lowest BCUT2D eigenvalue weighted by atomic mass is 10.4. The van der Waals surface area contributed by atoms with E-state index in [1.807, 2.05) is 0 Å². The predicted octanol–water partition coefficient (Wildman–Crippen LogP) is 0.344. The van der Waals surface area contributed by atoms with E-state index in [1.54, 1.807) is 0 Å². The normalized spacial score (nSPS) is 28.8. The molecule has 1 atom stereocenters. The van der Waals surface area contributed by atoms with Crippen LogP contribution in [0.2, 0.25) is 0 Å². The van der Waals surface area contributed by atoms with Crippen LogP contribution >= 0.6 is 10.7 Å². The quantitative estimate of drug-likeness (QED) is 0.534. The molecule has 0 aromatic rings. The van der Waals surface area contributed by atoms with Crippen molar-refractivity contribution in [2.45, 2.75) is 11.7 Å². The standard InChI is InChI=1S/C4H7ClO3S/c5-9(6,7)4-1-2-8-3-4/h4H,1-3H2/t4-/m0/s1. The van der Waals surface area contributed by atoms with Gasteiger partial charge in [0.2, 0.25) is 9.05 Å². The van der Waals surface area contributed by atoms with E-state index < -0.39 is 14.3 Å². The monoisotopic (exact) mass is 170 g/mol. The van der Waals surface area contributed by atoms with Gasteiger partial charge in [0.25, 0.3) is 0 Å². The third kappa shape index (κ3) is 1.81. The molecule has 0 aromatic carbocycles. The van der Waals surface area contributed by atoms with Crippen molar-refractivity contribution in [3.05, 3.63) is 0 Å². The van der Waals surface area contributed by atoms with Crippen LogP contribution in [-0.4, -0.2) is 26.9 Å². The van der Waals surface area contributed by atoms with Crippen LogP contribution in [0.1, 0.15) is 6.42 Å². The van der Waals surface area contributed by atoms with Gasteiger partial charge in [-0.1, -0.05) is 0 Å². The van der Waals surface area contributed by atoms with Crippen LogP contribution in [0.25, 0.3) is 0 Å². The second-order valence-corrected chi connectivity index (χ2v) is 4.87. The number of rotatable bonds is 1. The molecule has 1 aliphatic rings. The van der Waals surface area contributed by atoms with Gasteiger partial charge in [0.1, 0.15) is 5.25 Å². The van der Waals surface area contributed by atoms with Gasteiger partial charge in [0, 0.05) is 17.3 Å². The van der Waals surface area contributed by atoms with Crippen molar-refractivity contribution in [1.29, 1.82) is 0 Å². The van der Waals surface area contributed by atoms with Gasteiger partial charge in [0.15, 0.2) is 0 Å². The molecular weight excluding hydrogens is 164 g/mol. The summed E-state index contributed by atoms with van der Waals surface area (Å²) >= 11 is 0. The molecule has 1 fully saturated rings. The lowest BCUT2D eigenvalue weighted by Crippen LogP contribution is -2.14. The summed E-state index contributed by atoms with van der Waals surface area (Å²) < 4.78 is 25.9. The minimum Gasteiger partial charge on any atom is -0.380 e. The summed E-state index contributed by atoms with van der Waals surface area (Å²) in [4.78, 5) is 0. The highest BCUT2D eigenvalue weighted by atomic mass is 35.7. The van der Waals surface area contributed by atoms with Gasteiger partial charge in [0.05, 0.1) is 6.61 Å². The zero-order chi connectivity index (χ0) is 6.91. The Bertz CT molecular complexity index is 180. The molecule has 3 nitrogen and oxygen atoms in total.